The topological polar surface area (TPSA) is 72.9 Å². The third-order valence-corrected chi connectivity index (χ3v) is 2.60. The molecule has 0 spiro atoms. The zero-order valence-corrected chi connectivity index (χ0v) is 10.4. The van der Waals surface area contributed by atoms with E-state index in [1.54, 1.807) is 4.68 Å². The third kappa shape index (κ3) is 2.34. The van der Waals surface area contributed by atoms with Crippen LogP contribution in [0, 0.1) is 0 Å². The van der Waals surface area contributed by atoms with Crippen molar-refractivity contribution in [3.8, 4) is 0 Å². The Bertz CT molecular complexity index is 545. The van der Waals surface area contributed by atoms with Gasteiger partial charge >= 0.3 is 0 Å². The largest absolute Gasteiger partial charge is 0.383 e. The lowest BCUT2D eigenvalue weighted by Gasteiger charge is -2.08. The minimum atomic E-state index is -0.245. The summed E-state index contributed by atoms with van der Waals surface area (Å²) < 4.78 is 1.62. The molecule has 0 aliphatic carbocycles. The molecule has 5 nitrogen and oxygen atoms in total. The fourth-order valence-electron chi connectivity index (χ4n) is 1.68. The Hall–Kier alpha value is -2.30. The maximum absolute atomic E-state index is 12.0. The van der Waals surface area contributed by atoms with E-state index in [0.29, 0.717) is 11.4 Å². The summed E-state index contributed by atoms with van der Waals surface area (Å²) in [6.45, 7) is 3.92. The Labute approximate surface area is 106 Å². The van der Waals surface area contributed by atoms with Gasteiger partial charge in [-0.3, -0.25) is 4.79 Å². The highest BCUT2D eigenvalue weighted by Gasteiger charge is 2.16. The number of nitrogens with two attached hydrogens (primary N) is 1. The summed E-state index contributed by atoms with van der Waals surface area (Å²) in [7, 11) is 0. The fourth-order valence-corrected chi connectivity index (χ4v) is 1.68. The number of carbonyl (C=O) groups excluding carboxylic acids is 1. The second kappa shape index (κ2) is 4.91. The molecule has 94 valence electrons. The zero-order chi connectivity index (χ0) is 13.1. The van der Waals surface area contributed by atoms with E-state index < -0.39 is 0 Å². The number of para-hydroxylation sites is 1. The molecule has 5 heteroatoms. The predicted molar refractivity (Wildman–Crippen MR) is 71.4 cm³/mol. The van der Waals surface area contributed by atoms with Crippen LogP contribution in [0.3, 0.4) is 0 Å². The predicted octanol–water partition coefficient (Wildman–Crippen LogP) is 2.30. The van der Waals surface area contributed by atoms with E-state index in [1.165, 1.54) is 6.20 Å². The van der Waals surface area contributed by atoms with Gasteiger partial charge in [-0.1, -0.05) is 18.2 Å². The van der Waals surface area contributed by atoms with Gasteiger partial charge in [0.1, 0.15) is 11.4 Å². The lowest BCUT2D eigenvalue weighted by Crippen LogP contribution is -2.14. The molecule has 1 aromatic carbocycles. The minimum absolute atomic E-state index is 0.128. The first kappa shape index (κ1) is 12.2. The van der Waals surface area contributed by atoms with E-state index in [4.69, 9.17) is 5.73 Å². The number of carbonyl (C=O) groups is 1. The van der Waals surface area contributed by atoms with Gasteiger partial charge in [0.25, 0.3) is 5.91 Å². The number of rotatable bonds is 3. The molecule has 1 heterocycles. The minimum Gasteiger partial charge on any atom is -0.383 e. The molecule has 0 saturated carbocycles. The highest BCUT2D eigenvalue weighted by atomic mass is 16.1. The van der Waals surface area contributed by atoms with Crippen LogP contribution < -0.4 is 11.1 Å². The van der Waals surface area contributed by atoms with E-state index in [9.17, 15) is 4.79 Å². The molecule has 0 aliphatic rings. The average molecular weight is 244 g/mol. The molecule has 0 bridgehead atoms. The maximum Gasteiger partial charge on any atom is 0.261 e. The first-order chi connectivity index (χ1) is 8.59. The zero-order valence-electron chi connectivity index (χ0n) is 10.4. The summed E-state index contributed by atoms with van der Waals surface area (Å²) in [5, 5.41) is 6.89. The number of nitrogen functional groups attached to an aromatic ring is 1. The van der Waals surface area contributed by atoms with Gasteiger partial charge in [-0.05, 0) is 26.0 Å². The first-order valence-electron chi connectivity index (χ1n) is 5.79. The lowest BCUT2D eigenvalue weighted by molar-refractivity contribution is 0.102. The highest BCUT2D eigenvalue weighted by molar-refractivity contribution is 6.07. The molecule has 0 atom stereocenters. The van der Waals surface area contributed by atoms with Crippen LogP contribution in [0.15, 0.2) is 36.5 Å². The van der Waals surface area contributed by atoms with Crippen molar-refractivity contribution < 1.29 is 4.79 Å². The van der Waals surface area contributed by atoms with Gasteiger partial charge in [-0.15, -0.1) is 0 Å². The van der Waals surface area contributed by atoms with E-state index >= 15 is 0 Å². The van der Waals surface area contributed by atoms with Crippen LogP contribution >= 0.6 is 0 Å². The van der Waals surface area contributed by atoms with Crippen LogP contribution in [0.5, 0.6) is 0 Å². The first-order valence-corrected chi connectivity index (χ1v) is 5.79. The monoisotopic (exact) mass is 244 g/mol. The number of amides is 1. The smallest absolute Gasteiger partial charge is 0.261 e. The molecular weight excluding hydrogens is 228 g/mol. The Kier molecular flexibility index (Phi) is 3.32. The number of aromatic nitrogens is 2. The second-order valence-electron chi connectivity index (χ2n) is 4.30. The van der Waals surface area contributed by atoms with Crippen molar-refractivity contribution in [2.24, 2.45) is 0 Å². The molecule has 0 radical (unpaired) electrons. The number of benzene rings is 1. The van der Waals surface area contributed by atoms with Gasteiger partial charge in [0.2, 0.25) is 0 Å². The summed E-state index contributed by atoms with van der Waals surface area (Å²) in [5.74, 6) is 0.143. The summed E-state index contributed by atoms with van der Waals surface area (Å²) >= 11 is 0. The van der Waals surface area contributed by atoms with Gasteiger partial charge < -0.3 is 11.1 Å². The molecule has 1 aromatic heterocycles. The molecule has 0 aliphatic heterocycles. The summed E-state index contributed by atoms with van der Waals surface area (Å²) in [4.78, 5) is 12.0. The van der Waals surface area contributed by atoms with Crippen LogP contribution in [-0.4, -0.2) is 15.7 Å². The average Bonchev–Trinajstić information content (AvgIpc) is 2.72. The van der Waals surface area contributed by atoms with Crippen LogP contribution in [0.4, 0.5) is 11.5 Å². The Morgan fingerprint density at radius 2 is 2.00 bits per heavy atom. The number of anilines is 2. The van der Waals surface area contributed by atoms with Crippen molar-refractivity contribution in [1.29, 1.82) is 0 Å². The molecular formula is C13H16N4O. The van der Waals surface area contributed by atoms with Gasteiger partial charge in [0.15, 0.2) is 0 Å². The maximum atomic E-state index is 12.0. The molecule has 2 rings (SSSR count). The number of hydrogen-bond acceptors (Lipinski definition) is 3. The van der Waals surface area contributed by atoms with Gasteiger partial charge in [-0.2, -0.15) is 5.10 Å². The van der Waals surface area contributed by atoms with Crippen LogP contribution in [0.1, 0.15) is 30.2 Å². The summed E-state index contributed by atoms with van der Waals surface area (Å²) in [5.41, 5.74) is 7.03. The van der Waals surface area contributed by atoms with Crippen LogP contribution in [-0.2, 0) is 0 Å². The standard InChI is InChI=1S/C13H16N4O/c1-9(2)17-12(14)11(8-15-17)13(18)16-10-6-4-3-5-7-10/h3-9H,14H2,1-2H3,(H,16,18). The van der Waals surface area contributed by atoms with Crippen molar-refractivity contribution in [3.05, 3.63) is 42.1 Å². The van der Waals surface area contributed by atoms with Crippen molar-refractivity contribution in [3.63, 3.8) is 0 Å². The second-order valence-corrected chi connectivity index (χ2v) is 4.30. The van der Waals surface area contributed by atoms with Crippen molar-refractivity contribution in [2.45, 2.75) is 19.9 Å². The Morgan fingerprint density at radius 3 is 2.56 bits per heavy atom. The van der Waals surface area contributed by atoms with Crippen molar-refractivity contribution in [2.75, 3.05) is 11.1 Å². The fraction of sp³-hybridized carbons (Fsp3) is 0.231. The van der Waals surface area contributed by atoms with Gasteiger partial charge in [0.05, 0.1) is 6.20 Å². The van der Waals surface area contributed by atoms with E-state index in [0.717, 1.165) is 5.69 Å². The normalized spacial score (nSPS) is 10.6. The van der Waals surface area contributed by atoms with Crippen molar-refractivity contribution >= 4 is 17.4 Å². The summed E-state index contributed by atoms with van der Waals surface area (Å²) in [6, 6.07) is 9.37. The number of hydrogen-bond donors (Lipinski definition) is 2. The Balaban J connectivity index is 2.20. The molecule has 0 unspecified atom stereocenters. The van der Waals surface area contributed by atoms with Gasteiger partial charge in [-0.25, -0.2) is 4.68 Å². The SMILES string of the molecule is CC(C)n1ncc(C(=O)Nc2ccccc2)c1N. The van der Waals surface area contributed by atoms with Crippen LogP contribution in [0.2, 0.25) is 0 Å². The molecule has 1 amide bonds. The highest BCUT2D eigenvalue weighted by Crippen LogP contribution is 2.17. The van der Waals surface area contributed by atoms with E-state index in [1.807, 2.05) is 44.2 Å². The summed E-state index contributed by atoms with van der Waals surface area (Å²) in [6.07, 6.45) is 1.49. The molecule has 0 saturated heterocycles. The van der Waals surface area contributed by atoms with E-state index in [-0.39, 0.29) is 11.9 Å². The Morgan fingerprint density at radius 1 is 1.33 bits per heavy atom. The lowest BCUT2D eigenvalue weighted by atomic mass is 10.2. The van der Waals surface area contributed by atoms with Crippen LogP contribution in [0.25, 0.3) is 0 Å². The van der Waals surface area contributed by atoms with Gasteiger partial charge in [0, 0.05) is 11.7 Å². The molecule has 18 heavy (non-hydrogen) atoms. The molecule has 3 N–H and O–H groups in total. The molecule has 0 fully saturated rings. The number of nitrogens with one attached hydrogen (secondary N) is 1. The molecule has 2 aromatic rings. The third-order valence-electron chi connectivity index (χ3n) is 2.60. The van der Waals surface area contributed by atoms with Crippen molar-refractivity contribution in [1.82, 2.24) is 9.78 Å². The van der Waals surface area contributed by atoms with E-state index in [2.05, 4.69) is 10.4 Å². The quantitative estimate of drug-likeness (QED) is 0.870. The number of nitrogens with zero attached hydrogens (tertiary/aromatic N) is 2.